The van der Waals surface area contributed by atoms with Crippen LogP contribution >= 0.6 is 0 Å². The smallest absolute Gasteiger partial charge is 0.256 e. The molecule has 2 aromatic carbocycles. The van der Waals surface area contributed by atoms with Gasteiger partial charge in [0.25, 0.3) is 11.8 Å². The molecule has 1 fully saturated rings. The van der Waals surface area contributed by atoms with Crippen molar-refractivity contribution in [1.82, 2.24) is 14.4 Å². The summed E-state index contributed by atoms with van der Waals surface area (Å²) in [5, 5.41) is 0.965. The van der Waals surface area contributed by atoms with Crippen LogP contribution in [0.25, 0.3) is 10.9 Å². The Morgan fingerprint density at radius 1 is 0.857 bits per heavy atom. The number of nitrogens with zero attached hydrogens (tertiary/aromatic N) is 3. The molecule has 2 amide bonds. The van der Waals surface area contributed by atoms with Crippen molar-refractivity contribution in [2.45, 2.75) is 0 Å². The third kappa shape index (κ3) is 3.22. The maximum Gasteiger partial charge on any atom is 0.256 e. The first-order valence-corrected chi connectivity index (χ1v) is 9.35. The van der Waals surface area contributed by atoms with Gasteiger partial charge in [-0.3, -0.25) is 9.59 Å². The van der Waals surface area contributed by atoms with E-state index in [0.717, 1.165) is 16.7 Å². The highest BCUT2D eigenvalue weighted by Crippen LogP contribution is 2.22. The highest BCUT2D eigenvalue weighted by Gasteiger charge is 2.27. The molecule has 0 bridgehead atoms. The van der Waals surface area contributed by atoms with Gasteiger partial charge in [0.15, 0.2) is 0 Å². The number of carbonyl (C=O) groups excluding carboxylic acids is 2. The second-order valence-corrected chi connectivity index (χ2v) is 6.98. The van der Waals surface area contributed by atoms with E-state index in [4.69, 9.17) is 4.74 Å². The number of benzene rings is 2. The predicted molar refractivity (Wildman–Crippen MR) is 108 cm³/mol. The van der Waals surface area contributed by atoms with Gasteiger partial charge in [0.05, 0.1) is 12.7 Å². The number of amides is 2. The van der Waals surface area contributed by atoms with Crippen LogP contribution in [0.2, 0.25) is 0 Å². The highest BCUT2D eigenvalue weighted by atomic mass is 16.5. The summed E-state index contributed by atoms with van der Waals surface area (Å²) in [4.78, 5) is 29.4. The normalized spacial score (nSPS) is 14.4. The number of ether oxygens (including phenoxy) is 1. The van der Waals surface area contributed by atoms with E-state index in [1.165, 1.54) is 0 Å². The van der Waals surface area contributed by atoms with Gasteiger partial charge in [-0.25, -0.2) is 0 Å². The monoisotopic (exact) mass is 377 g/mol. The fourth-order valence-electron chi connectivity index (χ4n) is 3.71. The van der Waals surface area contributed by atoms with E-state index >= 15 is 0 Å². The first-order chi connectivity index (χ1) is 13.6. The third-order valence-corrected chi connectivity index (χ3v) is 5.32. The van der Waals surface area contributed by atoms with Crippen molar-refractivity contribution in [2.24, 2.45) is 7.05 Å². The van der Waals surface area contributed by atoms with Crippen molar-refractivity contribution in [3.8, 4) is 5.75 Å². The second-order valence-electron chi connectivity index (χ2n) is 6.98. The molecule has 3 aromatic rings. The molecule has 0 N–H and O–H groups in total. The molecule has 0 spiro atoms. The molecule has 1 saturated heterocycles. The summed E-state index contributed by atoms with van der Waals surface area (Å²) in [7, 11) is 3.55. The topological polar surface area (TPSA) is 54.8 Å². The summed E-state index contributed by atoms with van der Waals surface area (Å²) in [6.07, 6.45) is 1.89. The Bertz CT molecular complexity index is 1020. The van der Waals surface area contributed by atoms with E-state index in [0.29, 0.717) is 37.3 Å². The number of piperazine rings is 1. The van der Waals surface area contributed by atoms with E-state index in [1.807, 2.05) is 47.0 Å². The zero-order valence-electron chi connectivity index (χ0n) is 16.1. The first-order valence-electron chi connectivity index (χ1n) is 9.35. The second kappa shape index (κ2) is 7.38. The van der Waals surface area contributed by atoms with Crippen molar-refractivity contribution >= 4 is 22.7 Å². The Morgan fingerprint density at radius 2 is 1.46 bits per heavy atom. The largest absolute Gasteiger partial charge is 0.497 e. The lowest BCUT2D eigenvalue weighted by molar-refractivity contribution is 0.0536. The molecular formula is C22H23N3O3. The minimum atomic E-state index is -0.0140. The van der Waals surface area contributed by atoms with Crippen LogP contribution in [0.15, 0.2) is 54.7 Å². The minimum Gasteiger partial charge on any atom is -0.497 e. The van der Waals surface area contributed by atoms with Crippen LogP contribution < -0.4 is 4.74 Å². The molecule has 0 unspecified atom stereocenters. The van der Waals surface area contributed by atoms with Gasteiger partial charge >= 0.3 is 0 Å². The fraction of sp³-hybridized carbons (Fsp3) is 0.273. The van der Waals surface area contributed by atoms with E-state index in [9.17, 15) is 9.59 Å². The van der Waals surface area contributed by atoms with Crippen molar-refractivity contribution in [3.63, 3.8) is 0 Å². The van der Waals surface area contributed by atoms with E-state index < -0.39 is 0 Å². The molecule has 1 aromatic heterocycles. The van der Waals surface area contributed by atoms with Gasteiger partial charge in [-0.15, -0.1) is 0 Å². The standard InChI is InChI=1S/C22H23N3O3/c1-23-15-19(18-5-3-4-6-20(18)23)22(27)25-13-11-24(12-14-25)21(26)16-7-9-17(28-2)10-8-16/h3-10,15H,11-14H2,1-2H3. The van der Waals surface area contributed by atoms with Crippen LogP contribution in [0.4, 0.5) is 0 Å². The zero-order valence-corrected chi connectivity index (χ0v) is 16.1. The van der Waals surface area contributed by atoms with Gasteiger partial charge in [-0.1, -0.05) is 18.2 Å². The number of carbonyl (C=O) groups is 2. The summed E-state index contributed by atoms with van der Waals surface area (Å²) in [6.45, 7) is 2.12. The lowest BCUT2D eigenvalue weighted by Crippen LogP contribution is -2.50. The van der Waals surface area contributed by atoms with Crippen molar-refractivity contribution in [3.05, 3.63) is 65.9 Å². The maximum absolute atomic E-state index is 13.0. The molecule has 0 atom stereocenters. The number of hydrogen-bond donors (Lipinski definition) is 0. The number of aromatic nitrogens is 1. The molecular weight excluding hydrogens is 354 g/mol. The lowest BCUT2D eigenvalue weighted by Gasteiger charge is -2.34. The van der Waals surface area contributed by atoms with Crippen LogP contribution in [0.1, 0.15) is 20.7 Å². The summed E-state index contributed by atoms with van der Waals surface area (Å²) >= 11 is 0. The third-order valence-electron chi connectivity index (χ3n) is 5.32. The van der Waals surface area contributed by atoms with Crippen LogP contribution in [0, 0.1) is 0 Å². The lowest BCUT2D eigenvalue weighted by atomic mass is 10.1. The number of fused-ring (bicyclic) bond motifs is 1. The molecule has 6 nitrogen and oxygen atoms in total. The molecule has 0 aliphatic carbocycles. The summed E-state index contributed by atoms with van der Waals surface area (Å²) < 4.78 is 7.12. The van der Waals surface area contributed by atoms with E-state index in [2.05, 4.69) is 0 Å². The number of rotatable bonds is 3. The van der Waals surface area contributed by atoms with Crippen LogP contribution in [-0.4, -0.2) is 59.5 Å². The SMILES string of the molecule is COc1ccc(C(=O)N2CCN(C(=O)c3cn(C)c4ccccc34)CC2)cc1. The Labute approximate surface area is 163 Å². The molecule has 4 rings (SSSR count). The maximum atomic E-state index is 13.0. The molecule has 2 heterocycles. The summed E-state index contributed by atoms with van der Waals surface area (Å²) in [5.74, 6) is 0.732. The van der Waals surface area contributed by atoms with Gasteiger partial charge in [0.2, 0.25) is 0 Å². The Hall–Kier alpha value is -3.28. The average molecular weight is 377 g/mol. The van der Waals surface area contributed by atoms with Gasteiger partial charge < -0.3 is 19.1 Å². The number of hydrogen-bond acceptors (Lipinski definition) is 3. The molecule has 1 aliphatic heterocycles. The quantitative estimate of drug-likeness (QED) is 0.705. The van der Waals surface area contributed by atoms with E-state index in [-0.39, 0.29) is 11.8 Å². The van der Waals surface area contributed by atoms with Crippen LogP contribution in [0.5, 0.6) is 5.75 Å². The van der Waals surface area contributed by atoms with Crippen molar-refractivity contribution < 1.29 is 14.3 Å². The molecule has 144 valence electrons. The average Bonchev–Trinajstić information content (AvgIpc) is 3.10. The molecule has 1 aliphatic rings. The Kier molecular flexibility index (Phi) is 4.77. The van der Waals surface area contributed by atoms with Gasteiger partial charge in [0.1, 0.15) is 5.75 Å². The predicted octanol–water partition coefficient (Wildman–Crippen LogP) is 2.79. The highest BCUT2D eigenvalue weighted by molar-refractivity contribution is 6.07. The molecule has 28 heavy (non-hydrogen) atoms. The Morgan fingerprint density at radius 3 is 2.11 bits per heavy atom. The number of aryl methyl sites for hydroxylation is 1. The van der Waals surface area contributed by atoms with Crippen LogP contribution in [0.3, 0.4) is 0 Å². The number of para-hydroxylation sites is 1. The summed E-state index contributed by atoms with van der Waals surface area (Å²) in [6, 6.07) is 15.0. The molecule has 0 saturated carbocycles. The Balaban J connectivity index is 1.44. The van der Waals surface area contributed by atoms with Gasteiger partial charge in [0, 0.05) is 55.9 Å². The van der Waals surface area contributed by atoms with Gasteiger partial charge in [-0.05, 0) is 30.3 Å². The van der Waals surface area contributed by atoms with Gasteiger partial charge in [-0.2, -0.15) is 0 Å². The fourth-order valence-corrected chi connectivity index (χ4v) is 3.71. The number of methoxy groups -OCH3 is 1. The molecule has 6 heteroatoms. The van der Waals surface area contributed by atoms with Crippen LogP contribution in [-0.2, 0) is 7.05 Å². The van der Waals surface area contributed by atoms with E-state index in [1.54, 1.807) is 36.3 Å². The minimum absolute atomic E-state index is 0.0140. The summed E-state index contributed by atoms with van der Waals surface area (Å²) in [5.41, 5.74) is 2.39. The van der Waals surface area contributed by atoms with Crippen molar-refractivity contribution in [1.29, 1.82) is 0 Å². The van der Waals surface area contributed by atoms with Crippen molar-refractivity contribution in [2.75, 3.05) is 33.3 Å². The molecule has 0 radical (unpaired) electrons. The first kappa shape index (κ1) is 18.1. The zero-order chi connectivity index (χ0) is 19.7.